The fraction of sp³-hybridized carbons (Fsp3) is 0.462. The minimum absolute atomic E-state index is 0.0416. The van der Waals surface area contributed by atoms with Gasteiger partial charge in [0.1, 0.15) is 0 Å². The van der Waals surface area contributed by atoms with Crippen LogP contribution in [0.5, 0.6) is 0 Å². The van der Waals surface area contributed by atoms with Gasteiger partial charge in [-0.15, -0.1) is 0 Å². The number of ether oxygens (including phenoxy) is 1. The second kappa shape index (κ2) is 7.86. The maximum absolute atomic E-state index is 12.5. The third-order valence-corrected chi connectivity index (χ3v) is 2.50. The number of amides is 1. The summed E-state index contributed by atoms with van der Waals surface area (Å²) in [6, 6.07) is 5.00. The van der Waals surface area contributed by atoms with Gasteiger partial charge in [0.25, 0.3) is 0 Å². The maximum Gasteiger partial charge on any atom is 0.416 e. The van der Waals surface area contributed by atoms with Crippen molar-refractivity contribution in [3.63, 3.8) is 0 Å². The van der Waals surface area contributed by atoms with Crippen molar-refractivity contribution in [2.75, 3.05) is 26.8 Å². The van der Waals surface area contributed by atoms with Crippen molar-refractivity contribution in [2.24, 2.45) is 0 Å². The number of alkyl halides is 3. The molecule has 0 aromatic heterocycles. The average molecular weight is 290 g/mol. The molecule has 0 aliphatic carbocycles. The maximum atomic E-state index is 12.5. The van der Waals surface area contributed by atoms with Crippen molar-refractivity contribution in [3.8, 4) is 0 Å². The SMILES string of the molecule is COCCNC(=O)CNCc1cccc(C(F)(F)F)c1. The number of carbonyl (C=O) groups is 1. The van der Waals surface area contributed by atoms with Gasteiger partial charge < -0.3 is 15.4 Å². The molecule has 0 aliphatic heterocycles. The summed E-state index contributed by atoms with van der Waals surface area (Å²) >= 11 is 0. The van der Waals surface area contributed by atoms with Crippen molar-refractivity contribution in [2.45, 2.75) is 12.7 Å². The molecule has 0 atom stereocenters. The highest BCUT2D eigenvalue weighted by atomic mass is 19.4. The molecule has 0 heterocycles. The van der Waals surface area contributed by atoms with E-state index < -0.39 is 11.7 Å². The smallest absolute Gasteiger partial charge is 0.383 e. The molecule has 0 spiro atoms. The van der Waals surface area contributed by atoms with E-state index in [1.54, 1.807) is 6.07 Å². The van der Waals surface area contributed by atoms with Crippen molar-refractivity contribution >= 4 is 5.91 Å². The van der Waals surface area contributed by atoms with Crippen LogP contribution in [0, 0.1) is 0 Å². The second-order valence-electron chi connectivity index (χ2n) is 4.14. The van der Waals surface area contributed by atoms with Gasteiger partial charge in [0.2, 0.25) is 5.91 Å². The first-order chi connectivity index (χ1) is 9.43. The van der Waals surface area contributed by atoms with Crippen LogP contribution in [0.2, 0.25) is 0 Å². The lowest BCUT2D eigenvalue weighted by atomic mass is 10.1. The molecule has 0 radical (unpaired) electrons. The predicted molar refractivity (Wildman–Crippen MR) is 68.0 cm³/mol. The molecule has 20 heavy (non-hydrogen) atoms. The summed E-state index contributed by atoms with van der Waals surface area (Å²) < 4.78 is 42.3. The van der Waals surface area contributed by atoms with Crippen molar-refractivity contribution in [1.29, 1.82) is 0 Å². The molecule has 4 nitrogen and oxygen atoms in total. The first-order valence-electron chi connectivity index (χ1n) is 6.06. The van der Waals surface area contributed by atoms with E-state index in [4.69, 9.17) is 4.74 Å². The van der Waals surface area contributed by atoms with E-state index >= 15 is 0 Å². The summed E-state index contributed by atoms with van der Waals surface area (Å²) in [7, 11) is 1.53. The van der Waals surface area contributed by atoms with Crippen LogP contribution in [0.25, 0.3) is 0 Å². The van der Waals surface area contributed by atoms with Crippen LogP contribution in [0.15, 0.2) is 24.3 Å². The van der Waals surface area contributed by atoms with Gasteiger partial charge in [-0.2, -0.15) is 13.2 Å². The normalized spacial score (nSPS) is 11.4. The van der Waals surface area contributed by atoms with Gasteiger partial charge in [0, 0.05) is 20.2 Å². The molecule has 0 bridgehead atoms. The van der Waals surface area contributed by atoms with E-state index in [1.165, 1.54) is 13.2 Å². The summed E-state index contributed by atoms with van der Waals surface area (Å²) in [6.07, 6.45) is -4.35. The Labute approximate surface area is 115 Å². The number of benzene rings is 1. The van der Waals surface area contributed by atoms with E-state index in [0.29, 0.717) is 18.7 Å². The molecule has 2 N–H and O–H groups in total. The lowest BCUT2D eigenvalue weighted by Gasteiger charge is -2.09. The zero-order valence-corrected chi connectivity index (χ0v) is 11.1. The van der Waals surface area contributed by atoms with E-state index in [0.717, 1.165) is 12.1 Å². The van der Waals surface area contributed by atoms with Crippen molar-refractivity contribution < 1.29 is 22.7 Å². The third kappa shape index (κ3) is 6.03. The van der Waals surface area contributed by atoms with Crippen LogP contribution in [-0.4, -0.2) is 32.7 Å². The van der Waals surface area contributed by atoms with Gasteiger partial charge >= 0.3 is 6.18 Å². The van der Waals surface area contributed by atoms with E-state index in [-0.39, 0.29) is 19.0 Å². The predicted octanol–water partition coefficient (Wildman–Crippen LogP) is 1.56. The average Bonchev–Trinajstić information content (AvgIpc) is 2.38. The molecule has 112 valence electrons. The van der Waals surface area contributed by atoms with Crippen LogP contribution in [0.4, 0.5) is 13.2 Å². The summed E-state index contributed by atoms with van der Waals surface area (Å²) in [5.74, 6) is -0.228. The minimum atomic E-state index is -4.35. The van der Waals surface area contributed by atoms with E-state index in [9.17, 15) is 18.0 Å². The van der Waals surface area contributed by atoms with Crippen LogP contribution < -0.4 is 10.6 Å². The molecule has 0 saturated heterocycles. The summed E-state index contributed by atoms with van der Waals surface area (Å²) in [4.78, 5) is 11.3. The van der Waals surface area contributed by atoms with Crippen molar-refractivity contribution in [1.82, 2.24) is 10.6 Å². The van der Waals surface area contributed by atoms with Gasteiger partial charge in [-0.05, 0) is 11.6 Å². The molecule has 1 amide bonds. The van der Waals surface area contributed by atoms with Gasteiger partial charge in [-0.3, -0.25) is 4.79 Å². The molecular weight excluding hydrogens is 273 g/mol. The van der Waals surface area contributed by atoms with Crippen LogP contribution in [-0.2, 0) is 22.3 Å². The standard InChI is InChI=1S/C13H17F3N2O2/c1-20-6-5-18-12(19)9-17-8-10-3-2-4-11(7-10)13(14,15)16/h2-4,7,17H,5-6,8-9H2,1H3,(H,18,19). The fourth-order valence-corrected chi connectivity index (χ4v) is 1.53. The number of carbonyl (C=O) groups excluding carboxylic acids is 1. The van der Waals surface area contributed by atoms with Gasteiger partial charge in [-0.1, -0.05) is 18.2 Å². The summed E-state index contributed by atoms with van der Waals surface area (Å²) in [5.41, 5.74) is -0.217. The molecule has 1 rings (SSSR count). The van der Waals surface area contributed by atoms with Crippen LogP contribution >= 0.6 is 0 Å². The highest BCUT2D eigenvalue weighted by molar-refractivity contribution is 5.77. The second-order valence-corrected chi connectivity index (χ2v) is 4.14. The molecule has 0 saturated carbocycles. The quantitative estimate of drug-likeness (QED) is 0.749. The first kappa shape index (κ1) is 16.5. The summed E-state index contributed by atoms with van der Waals surface area (Å²) in [5, 5.41) is 5.39. The van der Waals surface area contributed by atoms with Crippen LogP contribution in [0.1, 0.15) is 11.1 Å². The highest BCUT2D eigenvalue weighted by Gasteiger charge is 2.30. The number of hydrogen-bond acceptors (Lipinski definition) is 3. The van der Waals surface area contributed by atoms with Crippen LogP contribution in [0.3, 0.4) is 0 Å². The lowest BCUT2D eigenvalue weighted by molar-refractivity contribution is -0.137. The Bertz CT molecular complexity index is 436. The lowest BCUT2D eigenvalue weighted by Crippen LogP contribution is -2.35. The largest absolute Gasteiger partial charge is 0.416 e. The zero-order chi connectivity index (χ0) is 15.0. The fourth-order valence-electron chi connectivity index (χ4n) is 1.53. The van der Waals surface area contributed by atoms with Gasteiger partial charge in [0.05, 0.1) is 18.7 Å². The highest BCUT2D eigenvalue weighted by Crippen LogP contribution is 2.29. The summed E-state index contributed by atoms with van der Waals surface area (Å²) in [6.45, 7) is 1.06. The Morgan fingerprint density at radius 1 is 1.35 bits per heavy atom. The van der Waals surface area contributed by atoms with Crippen molar-refractivity contribution in [3.05, 3.63) is 35.4 Å². The Morgan fingerprint density at radius 3 is 2.75 bits per heavy atom. The Kier molecular flexibility index (Phi) is 6.47. The Balaban J connectivity index is 2.37. The molecule has 0 unspecified atom stereocenters. The number of hydrogen-bond donors (Lipinski definition) is 2. The first-order valence-corrected chi connectivity index (χ1v) is 6.06. The third-order valence-electron chi connectivity index (χ3n) is 2.50. The number of nitrogens with one attached hydrogen (secondary N) is 2. The number of rotatable bonds is 7. The van der Waals surface area contributed by atoms with Gasteiger partial charge in [-0.25, -0.2) is 0 Å². The molecule has 0 fully saturated rings. The molecular formula is C13H17F3N2O2. The zero-order valence-electron chi connectivity index (χ0n) is 11.1. The Morgan fingerprint density at radius 2 is 2.10 bits per heavy atom. The number of methoxy groups -OCH3 is 1. The Hall–Kier alpha value is -1.60. The molecule has 0 aliphatic rings. The topological polar surface area (TPSA) is 50.4 Å². The monoisotopic (exact) mass is 290 g/mol. The minimum Gasteiger partial charge on any atom is -0.383 e. The van der Waals surface area contributed by atoms with E-state index in [2.05, 4.69) is 10.6 Å². The van der Waals surface area contributed by atoms with E-state index in [1.807, 2.05) is 0 Å². The molecule has 7 heteroatoms. The molecule has 1 aromatic rings. The van der Waals surface area contributed by atoms with Gasteiger partial charge in [0.15, 0.2) is 0 Å². The number of halogens is 3. The molecule has 1 aromatic carbocycles.